The maximum Gasteiger partial charge on any atom is 0.207 e. The normalized spacial score (nSPS) is 15.9. The molecule has 0 saturated carbocycles. The predicted octanol–water partition coefficient (Wildman–Crippen LogP) is 19.0. The van der Waals surface area contributed by atoms with Gasteiger partial charge in [0.05, 0.1) is 33.7 Å². The molecule has 8 aromatic carbocycles. The van der Waals surface area contributed by atoms with Gasteiger partial charge in [0.1, 0.15) is 24.0 Å². The number of rotatable bonds is 7. The minimum absolute atomic E-state index is 0.0543. The number of allylic oxidation sites excluding steroid dienone is 1. The molecule has 4 heterocycles. The summed E-state index contributed by atoms with van der Waals surface area (Å²) in [5, 5.41) is 1.32. The zero-order valence-corrected chi connectivity index (χ0v) is 51.3. The lowest BCUT2D eigenvalue weighted by atomic mass is 9.34. The molecule has 2 aromatic heterocycles. The minimum Gasteiger partial charge on any atom is -0.457 e. The fraction of sp³-hybridized carbons (Fsp3) is 0.269. The average molecular weight is 1100 g/mol. The van der Waals surface area contributed by atoms with Crippen molar-refractivity contribution in [2.45, 2.75) is 129 Å². The first-order valence-electron chi connectivity index (χ1n) is 30.5. The van der Waals surface area contributed by atoms with Crippen molar-refractivity contribution in [3.8, 4) is 39.6 Å². The van der Waals surface area contributed by atoms with Crippen molar-refractivity contribution in [1.82, 2.24) is 9.55 Å². The van der Waals surface area contributed by atoms with Gasteiger partial charge >= 0.3 is 0 Å². The average Bonchev–Trinajstić information content (AvgIpc) is 1.48. The second-order valence-corrected chi connectivity index (χ2v) is 28.5. The second kappa shape index (κ2) is 19.1. The van der Waals surface area contributed by atoms with Crippen LogP contribution in [0.25, 0.3) is 45.1 Å². The van der Waals surface area contributed by atoms with E-state index >= 15 is 0 Å². The van der Waals surface area contributed by atoms with Crippen LogP contribution in [0.1, 0.15) is 146 Å². The monoisotopic (exact) mass is 1100 g/mol. The summed E-state index contributed by atoms with van der Waals surface area (Å²) in [6, 6.07) is 68.8. The molecule has 10 aromatic rings. The molecule has 84 heavy (non-hydrogen) atoms. The molecule has 0 saturated heterocycles. The lowest BCUT2D eigenvalue weighted by molar-refractivity contribution is 0.474. The maximum atomic E-state index is 7.43. The molecule has 5 nitrogen and oxygen atoms in total. The van der Waals surface area contributed by atoms with Crippen LogP contribution in [-0.2, 0) is 27.1 Å². The van der Waals surface area contributed by atoms with Crippen LogP contribution in [-0.4, -0.2) is 22.9 Å². The van der Waals surface area contributed by atoms with Gasteiger partial charge in [-0.3, -0.25) is 4.57 Å². The molecule has 0 radical (unpaired) electrons. The highest BCUT2D eigenvalue weighted by atomic mass is 16.5. The van der Waals surface area contributed by atoms with Crippen LogP contribution in [0.2, 0.25) is 6.82 Å². The number of para-hydroxylation sites is 2. The van der Waals surface area contributed by atoms with E-state index in [2.05, 4.69) is 298 Å². The third-order valence-electron chi connectivity index (χ3n) is 19.0. The highest BCUT2D eigenvalue weighted by Crippen LogP contribution is 2.63. The molecule has 1 atom stereocenters. The van der Waals surface area contributed by atoms with Crippen LogP contribution in [0, 0.1) is 0 Å². The largest absolute Gasteiger partial charge is 0.457 e. The van der Waals surface area contributed by atoms with Crippen molar-refractivity contribution in [2.75, 3.05) is 16.5 Å². The van der Waals surface area contributed by atoms with Gasteiger partial charge in [-0.2, -0.15) is 0 Å². The Balaban J connectivity index is 0.937. The summed E-state index contributed by atoms with van der Waals surface area (Å²) in [5.41, 5.74) is 24.7. The van der Waals surface area contributed by atoms with E-state index in [0.717, 1.165) is 46.3 Å². The molecule has 4 aliphatic rings. The van der Waals surface area contributed by atoms with Gasteiger partial charge in [-0.15, -0.1) is 0 Å². The fourth-order valence-corrected chi connectivity index (χ4v) is 14.6. The number of nitrogens with zero attached hydrogens (tertiary/aromatic N) is 4. The SMILES string of the molecule is CB1c2ccccc2C2(c3ccccc31)c1cc(Oc3cccc(N4CN(c5c(-c6ccccc6)cc(C(C)(C)C)cc5-c5cc(C(C)(C)C)cc(C(C)(C)C)c5)c5ccccc54)c3)cc3c1c1c(n3-c3cc(C(C)(C)C)ccn3)C=CCC12. The first-order valence-corrected chi connectivity index (χ1v) is 30.5. The molecular formula is C78H77BN4O. The Labute approximate surface area is 498 Å². The van der Waals surface area contributed by atoms with E-state index in [1.54, 1.807) is 0 Å². The number of aromatic nitrogens is 2. The van der Waals surface area contributed by atoms with Crippen LogP contribution in [0.4, 0.5) is 22.7 Å². The fourth-order valence-electron chi connectivity index (χ4n) is 14.6. The van der Waals surface area contributed by atoms with E-state index in [9.17, 15) is 0 Å². The third kappa shape index (κ3) is 8.44. The van der Waals surface area contributed by atoms with Crippen molar-refractivity contribution >= 4 is 57.4 Å². The Kier molecular flexibility index (Phi) is 12.2. The summed E-state index contributed by atoms with van der Waals surface area (Å²) in [5.74, 6) is 2.69. The Hall–Kier alpha value is -8.35. The number of pyridine rings is 1. The van der Waals surface area contributed by atoms with E-state index in [0.29, 0.717) is 6.67 Å². The molecule has 1 unspecified atom stereocenters. The summed E-state index contributed by atoms with van der Waals surface area (Å²) in [6.07, 6.45) is 7.70. The van der Waals surface area contributed by atoms with E-state index in [4.69, 9.17) is 9.72 Å². The molecule has 418 valence electrons. The highest BCUT2D eigenvalue weighted by Gasteiger charge is 2.56. The Bertz CT molecular complexity index is 4240. The zero-order chi connectivity index (χ0) is 58.4. The first-order chi connectivity index (χ1) is 40.1. The molecule has 0 bridgehead atoms. The number of benzene rings is 8. The summed E-state index contributed by atoms with van der Waals surface area (Å²) in [4.78, 5) is 10.2. The topological polar surface area (TPSA) is 33.5 Å². The summed E-state index contributed by atoms with van der Waals surface area (Å²) < 4.78 is 9.86. The van der Waals surface area contributed by atoms with E-state index < -0.39 is 5.41 Å². The molecule has 1 spiro atoms. The van der Waals surface area contributed by atoms with Crippen molar-refractivity contribution in [1.29, 1.82) is 0 Å². The highest BCUT2D eigenvalue weighted by molar-refractivity contribution is 6.85. The number of anilines is 4. The smallest absolute Gasteiger partial charge is 0.207 e. The van der Waals surface area contributed by atoms with Crippen LogP contribution < -0.4 is 25.5 Å². The molecule has 6 heteroatoms. The van der Waals surface area contributed by atoms with Crippen molar-refractivity contribution in [3.05, 3.63) is 244 Å². The molecule has 0 N–H and O–H groups in total. The van der Waals surface area contributed by atoms with Crippen LogP contribution in [0.3, 0.4) is 0 Å². The van der Waals surface area contributed by atoms with Crippen LogP contribution in [0.15, 0.2) is 194 Å². The van der Waals surface area contributed by atoms with Gasteiger partial charge in [0.25, 0.3) is 0 Å². The number of hydrogen-bond donors (Lipinski definition) is 0. The Morgan fingerprint density at radius 3 is 1.74 bits per heavy atom. The summed E-state index contributed by atoms with van der Waals surface area (Å²) in [7, 11) is 0. The third-order valence-corrected chi connectivity index (χ3v) is 19.0. The lowest BCUT2D eigenvalue weighted by Crippen LogP contribution is -2.56. The molecule has 0 amide bonds. The predicted molar refractivity (Wildman–Crippen MR) is 355 cm³/mol. The van der Waals surface area contributed by atoms with E-state index in [1.165, 1.54) is 94.5 Å². The molecule has 14 rings (SSSR count). The van der Waals surface area contributed by atoms with Gasteiger partial charge in [-0.25, -0.2) is 4.98 Å². The van der Waals surface area contributed by atoms with Gasteiger partial charge in [0.2, 0.25) is 6.71 Å². The molecule has 0 fully saturated rings. The summed E-state index contributed by atoms with van der Waals surface area (Å²) in [6.45, 7) is 31.2. The van der Waals surface area contributed by atoms with Crippen LogP contribution in [0.5, 0.6) is 11.5 Å². The van der Waals surface area contributed by atoms with Crippen LogP contribution >= 0.6 is 0 Å². The summed E-state index contributed by atoms with van der Waals surface area (Å²) >= 11 is 0. The van der Waals surface area contributed by atoms with Gasteiger partial charge in [-0.1, -0.05) is 222 Å². The van der Waals surface area contributed by atoms with Gasteiger partial charge < -0.3 is 14.5 Å². The van der Waals surface area contributed by atoms with Crippen molar-refractivity contribution in [3.63, 3.8) is 0 Å². The van der Waals surface area contributed by atoms with Crippen molar-refractivity contribution in [2.24, 2.45) is 0 Å². The Morgan fingerprint density at radius 2 is 1.10 bits per heavy atom. The quantitative estimate of drug-likeness (QED) is 0.149. The first kappa shape index (κ1) is 53.6. The lowest BCUT2D eigenvalue weighted by Gasteiger charge is -2.46. The minimum atomic E-state index is -0.434. The van der Waals surface area contributed by atoms with E-state index in [-0.39, 0.29) is 34.3 Å². The molecule has 2 aliphatic heterocycles. The van der Waals surface area contributed by atoms with Gasteiger partial charge in [0, 0.05) is 46.4 Å². The molecular weight excluding hydrogens is 1020 g/mol. The Morgan fingerprint density at radius 1 is 0.512 bits per heavy atom. The molecule has 2 aliphatic carbocycles. The standard InChI is InChI=1S/C78H77BN4O/c1-74(2,3)51-37-38-80-70(44-51)83-68-36-24-31-62-71(68)72-63(78(62)60-29-17-19-32-64(60)79(13)65-33-20-18-30-61(65)78)46-57(47-69(72)83)84-56-28-23-27-55(45-56)81-48-82(67-35-22-21-34-66(67)81)73-58(49-25-15-14-16-26-49)42-54(77(10,11)12)43-59(73)50-39-52(75(4,5)6)41-53(40-50)76(7,8)9/h14-30,32-47,62H,31,48H2,1-13H3. The second-order valence-electron chi connectivity index (χ2n) is 28.5. The maximum absolute atomic E-state index is 7.43. The van der Waals surface area contributed by atoms with E-state index in [1.807, 2.05) is 6.20 Å². The van der Waals surface area contributed by atoms with Crippen molar-refractivity contribution < 1.29 is 4.74 Å². The number of ether oxygens (including phenoxy) is 1. The van der Waals surface area contributed by atoms with Gasteiger partial charge in [0.15, 0.2) is 0 Å². The zero-order valence-electron chi connectivity index (χ0n) is 51.3. The van der Waals surface area contributed by atoms with Gasteiger partial charge in [-0.05, 0) is 144 Å². The number of hydrogen-bond acceptors (Lipinski definition) is 4. The number of fused-ring (bicyclic) bond motifs is 7.